The van der Waals surface area contributed by atoms with Gasteiger partial charge in [-0.3, -0.25) is 4.79 Å². The Hall–Kier alpha value is -2.57. The van der Waals surface area contributed by atoms with Gasteiger partial charge in [-0.1, -0.05) is 11.6 Å². The monoisotopic (exact) mass is 374 g/mol. The maximum absolute atomic E-state index is 12.4. The number of ether oxygens (including phenoxy) is 2. The van der Waals surface area contributed by atoms with Gasteiger partial charge < -0.3 is 14.8 Å². The Morgan fingerprint density at radius 2 is 1.88 bits per heavy atom. The molecule has 0 aliphatic carbocycles. The van der Waals surface area contributed by atoms with Gasteiger partial charge in [0.25, 0.3) is 5.91 Å². The summed E-state index contributed by atoms with van der Waals surface area (Å²) in [6, 6.07) is 12.6. The van der Waals surface area contributed by atoms with Crippen LogP contribution in [0.2, 0.25) is 5.02 Å². The lowest BCUT2D eigenvalue weighted by molar-refractivity contribution is 0.102. The third-order valence-electron chi connectivity index (χ3n) is 3.48. The Morgan fingerprint density at radius 3 is 2.52 bits per heavy atom. The van der Waals surface area contributed by atoms with Crippen LogP contribution in [-0.4, -0.2) is 25.1 Å². The lowest BCUT2D eigenvalue weighted by Gasteiger charge is -2.07. The fourth-order valence-electron chi connectivity index (χ4n) is 2.18. The van der Waals surface area contributed by atoms with Gasteiger partial charge in [0.05, 0.1) is 19.2 Å². The Balaban J connectivity index is 1.75. The first-order valence-corrected chi connectivity index (χ1v) is 8.61. The lowest BCUT2D eigenvalue weighted by atomic mass is 10.2. The number of benzene rings is 2. The maximum atomic E-state index is 12.4. The zero-order chi connectivity index (χ0) is 17.8. The predicted octanol–water partition coefficient (Wildman–Crippen LogP) is 4.73. The summed E-state index contributed by atoms with van der Waals surface area (Å²) in [4.78, 5) is 16.8. The third-order valence-corrected chi connectivity index (χ3v) is 4.67. The van der Waals surface area contributed by atoms with Gasteiger partial charge >= 0.3 is 0 Å². The molecule has 25 heavy (non-hydrogen) atoms. The number of carbonyl (C=O) groups excluding carboxylic acids is 1. The average molecular weight is 375 g/mol. The molecule has 0 aliphatic heterocycles. The van der Waals surface area contributed by atoms with Gasteiger partial charge in [-0.25, -0.2) is 4.98 Å². The molecule has 3 rings (SSSR count). The van der Waals surface area contributed by atoms with Crippen molar-refractivity contribution in [2.24, 2.45) is 0 Å². The Kier molecular flexibility index (Phi) is 5.21. The summed E-state index contributed by atoms with van der Waals surface area (Å²) >= 11 is 7.47. The van der Waals surface area contributed by atoms with Crippen LogP contribution < -0.4 is 14.8 Å². The van der Waals surface area contributed by atoms with Crippen molar-refractivity contribution in [3.05, 3.63) is 58.6 Å². The predicted molar refractivity (Wildman–Crippen MR) is 100 cm³/mol. The second-order valence-electron chi connectivity index (χ2n) is 5.07. The average Bonchev–Trinajstić information content (AvgIpc) is 3.12. The number of anilines is 1. The minimum atomic E-state index is -0.294. The number of nitrogens with zero attached hydrogens (tertiary/aromatic N) is 1. The molecule has 0 radical (unpaired) electrons. The Morgan fingerprint density at radius 1 is 1.12 bits per heavy atom. The highest BCUT2D eigenvalue weighted by Gasteiger charge is 2.13. The van der Waals surface area contributed by atoms with Crippen molar-refractivity contribution in [3.63, 3.8) is 0 Å². The van der Waals surface area contributed by atoms with E-state index in [1.165, 1.54) is 18.4 Å². The van der Waals surface area contributed by atoms with Gasteiger partial charge in [0, 0.05) is 16.6 Å². The van der Waals surface area contributed by atoms with Gasteiger partial charge in [0.1, 0.15) is 22.2 Å². The fourth-order valence-corrected chi connectivity index (χ4v) is 3.25. The molecule has 128 valence electrons. The number of hydrogen-bond acceptors (Lipinski definition) is 5. The van der Waals surface area contributed by atoms with E-state index in [9.17, 15) is 4.79 Å². The molecule has 1 aromatic heterocycles. The molecule has 0 saturated carbocycles. The SMILES string of the molecule is COc1ccc(-c2nc(C(=O)Nc3ccc(OC)c(Cl)c3)cs2)cc1. The number of halogens is 1. The van der Waals surface area contributed by atoms with Gasteiger partial charge in [0.2, 0.25) is 0 Å². The molecule has 0 fully saturated rings. The molecule has 0 atom stereocenters. The summed E-state index contributed by atoms with van der Waals surface area (Å²) in [6.45, 7) is 0. The molecular formula is C18H15ClN2O3S. The van der Waals surface area contributed by atoms with Crippen LogP contribution in [0.1, 0.15) is 10.5 Å². The molecule has 0 unspecified atom stereocenters. The number of rotatable bonds is 5. The normalized spacial score (nSPS) is 10.4. The second-order valence-corrected chi connectivity index (χ2v) is 6.34. The van der Waals surface area contributed by atoms with Gasteiger partial charge in [-0.2, -0.15) is 0 Å². The minimum absolute atomic E-state index is 0.294. The van der Waals surface area contributed by atoms with Crippen molar-refractivity contribution < 1.29 is 14.3 Å². The molecular weight excluding hydrogens is 360 g/mol. The second kappa shape index (κ2) is 7.55. The summed E-state index contributed by atoms with van der Waals surface area (Å²) in [5, 5.41) is 5.69. The van der Waals surface area contributed by atoms with Crippen LogP contribution >= 0.6 is 22.9 Å². The first-order valence-electron chi connectivity index (χ1n) is 7.35. The van der Waals surface area contributed by atoms with Crippen molar-refractivity contribution in [3.8, 4) is 22.1 Å². The van der Waals surface area contributed by atoms with E-state index in [0.29, 0.717) is 22.2 Å². The van der Waals surface area contributed by atoms with E-state index in [4.69, 9.17) is 21.1 Å². The lowest BCUT2D eigenvalue weighted by Crippen LogP contribution is -2.12. The van der Waals surface area contributed by atoms with E-state index in [1.807, 2.05) is 24.3 Å². The summed E-state index contributed by atoms with van der Waals surface area (Å²) in [5.74, 6) is 1.03. The molecule has 0 saturated heterocycles. The number of aromatic nitrogens is 1. The molecule has 1 N–H and O–H groups in total. The van der Waals surface area contributed by atoms with Crippen molar-refractivity contribution in [1.29, 1.82) is 0 Å². The highest BCUT2D eigenvalue weighted by atomic mass is 35.5. The van der Waals surface area contributed by atoms with Crippen LogP contribution in [-0.2, 0) is 0 Å². The van der Waals surface area contributed by atoms with E-state index in [-0.39, 0.29) is 5.91 Å². The zero-order valence-corrected chi connectivity index (χ0v) is 15.1. The Labute approximate surface area is 154 Å². The molecule has 5 nitrogen and oxygen atoms in total. The first-order chi connectivity index (χ1) is 12.1. The quantitative estimate of drug-likeness (QED) is 0.701. The highest BCUT2D eigenvalue weighted by Crippen LogP contribution is 2.28. The van der Waals surface area contributed by atoms with Crippen molar-refractivity contribution in [2.75, 3.05) is 19.5 Å². The molecule has 3 aromatic rings. The standard InChI is InChI=1S/C18H15ClN2O3S/c1-23-13-6-3-11(4-7-13)18-21-15(10-25-18)17(22)20-12-5-8-16(24-2)14(19)9-12/h3-10H,1-2H3,(H,20,22). The summed E-state index contributed by atoms with van der Waals surface area (Å²) in [7, 11) is 3.15. The molecule has 0 bridgehead atoms. The highest BCUT2D eigenvalue weighted by molar-refractivity contribution is 7.13. The Bertz CT molecular complexity index is 894. The number of hydrogen-bond donors (Lipinski definition) is 1. The van der Waals surface area contributed by atoms with Crippen molar-refractivity contribution in [1.82, 2.24) is 4.98 Å². The molecule has 2 aromatic carbocycles. The van der Waals surface area contributed by atoms with Crippen LogP contribution in [0.15, 0.2) is 47.8 Å². The van der Waals surface area contributed by atoms with Crippen LogP contribution in [0.5, 0.6) is 11.5 Å². The summed E-state index contributed by atoms with van der Waals surface area (Å²) < 4.78 is 10.2. The number of carbonyl (C=O) groups is 1. The molecule has 1 amide bonds. The smallest absolute Gasteiger partial charge is 0.275 e. The number of amides is 1. The van der Waals surface area contributed by atoms with Gasteiger partial charge in [-0.05, 0) is 42.5 Å². The zero-order valence-electron chi connectivity index (χ0n) is 13.6. The van der Waals surface area contributed by atoms with Crippen LogP contribution in [0.25, 0.3) is 10.6 Å². The van der Waals surface area contributed by atoms with Crippen LogP contribution in [0.4, 0.5) is 5.69 Å². The van der Waals surface area contributed by atoms with E-state index >= 15 is 0 Å². The van der Waals surface area contributed by atoms with Gasteiger partial charge in [0.15, 0.2) is 0 Å². The number of thiazole rings is 1. The van der Waals surface area contributed by atoms with E-state index in [0.717, 1.165) is 16.3 Å². The van der Waals surface area contributed by atoms with Crippen LogP contribution in [0.3, 0.4) is 0 Å². The third kappa shape index (κ3) is 3.92. The topological polar surface area (TPSA) is 60.5 Å². The van der Waals surface area contributed by atoms with E-state index in [1.54, 1.807) is 30.7 Å². The van der Waals surface area contributed by atoms with Crippen molar-refractivity contribution >= 4 is 34.5 Å². The summed E-state index contributed by atoms with van der Waals surface area (Å²) in [5.41, 5.74) is 1.86. The molecule has 0 spiro atoms. The number of methoxy groups -OCH3 is 2. The summed E-state index contributed by atoms with van der Waals surface area (Å²) in [6.07, 6.45) is 0. The van der Waals surface area contributed by atoms with E-state index in [2.05, 4.69) is 10.3 Å². The van der Waals surface area contributed by atoms with Crippen LogP contribution in [0, 0.1) is 0 Å². The van der Waals surface area contributed by atoms with E-state index < -0.39 is 0 Å². The minimum Gasteiger partial charge on any atom is -0.497 e. The molecule has 1 heterocycles. The van der Waals surface area contributed by atoms with Crippen molar-refractivity contribution in [2.45, 2.75) is 0 Å². The fraction of sp³-hybridized carbons (Fsp3) is 0.111. The first kappa shape index (κ1) is 17.3. The van der Waals surface area contributed by atoms with Gasteiger partial charge in [-0.15, -0.1) is 11.3 Å². The number of nitrogens with one attached hydrogen (secondary N) is 1. The molecule has 7 heteroatoms. The largest absolute Gasteiger partial charge is 0.497 e. The molecule has 0 aliphatic rings. The maximum Gasteiger partial charge on any atom is 0.275 e.